The number of halogens is 1. The zero-order valence-corrected chi connectivity index (χ0v) is 9.92. The van der Waals surface area contributed by atoms with E-state index in [-0.39, 0.29) is 4.90 Å². The smallest absolute Gasteiger partial charge is 0.199 e. The SMILES string of the molecule is C=CS(=O)(=O)c1cccc2cccc(Cl)c12. The highest BCUT2D eigenvalue weighted by atomic mass is 35.5. The molecule has 2 aromatic rings. The lowest BCUT2D eigenvalue weighted by molar-refractivity contribution is 0.605. The largest absolute Gasteiger partial charge is 0.219 e. The van der Waals surface area contributed by atoms with Crippen molar-refractivity contribution >= 4 is 32.2 Å². The molecule has 0 radical (unpaired) electrons. The topological polar surface area (TPSA) is 34.1 Å². The van der Waals surface area contributed by atoms with Gasteiger partial charge in [0, 0.05) is 15.8 Å². The minimum atomic E-state index is -3.47. The van der Waals surface area contributed by atoms with Gasteiger partial charge in [-0.3, -0.25) is 0 Å². The second kappa shape index (κ2) is 3.92. The molecule has 2 nitrogen and oxygen atoms in total. The fourth-order valence-corrected chi connectivity index (χ4v) is 2.89. The standard InChI is InChI=1S/C12H9ClO2S/c1-2-16(14,15)11-8-4-6-9-5-3-7-10(13)12(9)11/h2-8H,1H2. The Labute approximate surface area is 99.1 Å². The van der Waals surface area contributed by atoms with Crippen molar-refractivity contribution in [2.24, 2.45) is 0 Å². The first-order valence-electron chi connectivity index (χ1n) is 4.61. The molecule has 0 fully saturated rings. The maximum atomic E-state index is 11.8. The molecule has 0 unspecified atom stereocenters. The maximum Gasteiger partial charge on any atom is 0.199 e. The Morgan fingerprint density at radius 1 is 1.12 bits per heavy atom. The van der Waals surface area contributed by atoms with Crippen LogP contribution in [0.5, 0.6) is 0 Å². The summed E-state index contributed by atoms with van der Waals surface area (Å²) in [6.45, 7) is 3.31. The first kappa shape index (κ1) is 11.2. The van der Waals surface area contributed by atoms with E-state index in [9.17, 15) is 8.42 Å². The summed E-state index contributed by atoms with van der Waals surface area (Å²) < 4.78 is 23.6. The third-order valence-corrected chi connectivity index (χ3v) is 4.05. The molecule has 16 heavy (non-hydrogen) atoms. The summed E-state index contributed by atoms with van der Waals surface area (Å²) in [4.78, 5) is 0.200. The molecular weight excluding hydrogens is 244 g/mol. The lowest BCUT2D eigenvalue weighted by atomic mass is 10.1. The summed E-state index contributed by atoms with van der Waals surface area (Å²) in [6, 6.07) is 10.3. The van der Waals surface area contributed by atoms with Crippen molar-refractivity contribution in [3.05, 3.63) is 53.4 Å². The molecule has 0 amide bonds. The van der Waals surface area contributed by atoms with Crippen LogP contribution in [0.15, 0.2) is 53.3 Å². The van der Waals surface area contributed by atoms with Gasteiger partial charge in [0.25, 0.3) is 0 Å². The second-order valence-electron chi connectivity index (χ2n) is 3.31. The molecule has 0 bridgehead atoms. The molecule has 2 rings (SSSR count). The molecular formula is C12H9ClO2S. The Bertz CT molecular complexity index is 655. The Hall–Kier alpha value is -1.32. The first-order valence-corrected chi connectivity index (χ1v) is 6.53. The molecule has 0 aliphatic carbocycles. The molecule has 0 saturated heterocycles. The maximum absolute atomic E-state index is 11.8. The van der Waals surface area contributed by atoms with Crippen LogP contribution < -0.4 is 0 Å². The fraction of sp³-hybridized carbons (Fsp3) is 0. The van der Waals surface area contributed by atoms with E-state index in [1.165, 1.54) is 6.07 Å². The third-order valence-electron chi connectivity index (χ3n) is 2.34. The van der Waals surface area contributed by atoms with E-state index in [1.807, 2.05) is 12.1 Å². The summed E-state index contributed by atoms with van der Waals surface area (Å²) in [6.07, 6.45) is 0. The highest BCUT2D eigenvalue weighted by Crippen LogP contribution is 2.30. The van der Waals surface area contributed by atoms with E-state index in [2.05, 4.69) is 6.58 Å². The average molecular weight is 253 g/mol. The number of hydrogen-bond acceptors (Lipinski definition) is 2. The van der Waals surface area contributed by atoms with Gasteiger partial charge < -0.3 is 0 Å². The Morgan fingerprint density at radius 3 is 2.38 bits per heavy atom. The minimum absolute atomic E-state index is 0.200. The predicted octanol–water partition coefficient (Wildman–Crippen LogP) is 3.41. The predicted molar refractivity (Wildman–Crippen MR) is 66.3 cm³/mol. The van der Waals surface area contributed by atoms with Gasteiger partial charge in [0.15, 0.2) is 9.84 Å². The lowest BCUT2D eigenvalue weighted by Gasteiger charge is -2.06. The van der Waals surface area contributed by atoms with Crippen molar-refractivity contribution in [2.75, 3.05) is 0 Å². The fourth-order valence-electron chi connectivity index (χ4n) is 1.59. The zero-order chi connectivity index (χ0) is 11.8. The molecule has 0 N–H and O–H groups in total. The highest BCUT2D eigenvalue weighted by Gasteiger charge is 2.15. The van der Waals surface area contributed by atoms with Crippen molar-refractivity contribution in [1.29, 1.82) is 0 Å². The molecule has 4 heteroatoms. The van der Waals surface area contributed by atoms with E-state index in [1.54, 1.807) is 18.2 Å². The van der Waals surface area contributed by atoms with Gasteiger partial charge in [-0.1, -0.05) is 42.4 Å². The summed E-state index contributed by atoms with van der Waals surface area (Å²) in [5.74, 6) is 0. The van der Waals surface area contributed by atoms with Crippen LogP contribution >= 0.6 is 11.6 Å². The minimum Gasteiger partial charge on any atom is -0.219 e. The van der Waals surface area contributed by atoms with Gasteiger partial charge in [0.05, 0.1) is 4.90 Å². The Balaban J connectivity index is 2.97. The Morgan fingerprint density at radius 2 is 1.75 bits per heavy atom. The van der Waals surface area contributed by atoms with Crippen molar-refractivity contribution in [1.82, 2.24) is 0 Å². The monoisotopic (exact) mass is 252 g/mol. The van der Waals surface area contributed by atoms with Crippen molar-refractivity contribution < 1.29 is 8.42 Å². The summed E-state index contributed by atoms with van der Waals surface area (Å²) in [7, 11) is -3.47. The van der Waals surface area contributed by atoms with E-state index < -0.39 is 9.84 Å². The van der Waals surface area contributed by atoms with Crippen LogP contribution in [-0.4, -0.2) is 8.42 Å². The molecule has 0 spiro atoms. The van der Waals surface area contributed by atoms with Crippen LogP contribution in [0, 0.1) is 0 Å². The van der Waals surface area contributed by atoms with Crippen molar-refractivity contribution in [2.45, 2.75) is 4.90 Å². The molecule has 0 atom stereocenters. The number of rotatable bonds is 2. The number of hydrogen-bond donors (Lipinski definition) is 0. The van der Waals surface area contributed by atoms with Crippen LogP contribution in [0.2, 0.25) is 5.02 Å². The van der Waals surface area contributed by atoms with Crippen LogP contribution in [0.1, 0.15) is 0 Å². The number of fused-ring (bicyclic) bond motifs is 1. The highest BCUT2D eigenvalue weighted by molar-refractivity contribution is 7.94. The van der Waals surface area contributed by atoms with Gasteiger partial charge in [-0.25, -0.2) is 8.42 Å². The van der Waals surface area contributed by atoms with Crippen LogP contribution in [0.4, 0.5) is 0 Å². The van der Waals surface area contributed by atoms with Crippen molar-refractivity contribution in [3.8, 4) is 0 Å². The molecule has 82 valence electrons. The van der Waals surface area contributed by atoms with E-state index >= 15 is 0 Å². The number of benzene rings is 2. The van der Waals surface area contributed by atoms with Crippen LogP contribution in [0.3, 0.4) is 0 Å². The lowest BCUT2D eigenvalue weighted by Crippen LogP contribution is -1.96. The van der Waals surface area contributed by atoms with Gasteiger partial charge in [-0.2, -0.15) is 0 Å². The average Bonchev–Trinajstić information content (AvgIpc) is 2.29. The van der Waals surface area contributed by atoms with Gasteiger partial charge in [0.1, 0.15) is 0 Å². The van der Waals surface area contributed by atoms with Gasteiger partial charge >= 0.3 is 0 Å². The van der Waals surface area contributed by atoms with E-state index in [0.29, 0.717) is 10.4 Å². The molecule has 2 aromatic carbocycles. The molecule has 0 aliphatic heterocycles. The zero-order valence-electron chi connectivity index (χ0n) is 8.35. The van der Waals surface area contributed by atoms with E-state index in [4.69, 9.17) is 11.6 Å². The third kappa shape index (κ3) is 1.72. The van der Waals surface area contributed by atoms with Crippen molar-refractivity contribution in [3.63, 3.8) is 0 Å². The van der Waals surface area contributed by atoms with Gasteiger partial charge in [-0.05, 0) is 17.5 Å². The molecule has 0 heterocycles. The first-order chi connectivity index (χ1) is 7.56. The molecule has 0 aromatic heterocycles. The summed E-state index contributed by atoms with van der Waals surface area (Å²) in [5.41, 5.74) is 0. The van der Waals surface area contributed by atoms with Gasteiger partial charge in [0.2, 0.25) is 0 Å². The summed E-state index contributed by atoms with van der Waals surface area (Å²) in [5, 5.41) is 2.71. The quantitative estimate of drug-likeness (QED) is 0.821. The molecule has 0 aliphatic rings. The second-order valence-corrected chi connectivity index (χ2v) is 5.58. The Kier molecular flexibility index (Phi) is 2.74. The number of sulfone groups is 1. The molecule has 0 saturated carbocycles. The normalized spacial score (nSPS) is 11.6. The van der Waals surface area contributed by atoms with Crippen LogP contribution in [0.25, 0.3) is 10.8 Å². The van der Waals surface area contributed by atoms with Gasteiger partial charge in [-0.15, -0.1) is 0 Å². The van der Waals surface area contributed by atoms with Crippen LogP contribution in [-0.2, 0) is 9.84 Å². The summed E-state index contributed by atoms with van der Waals surface area (Å²) >= 11 is 6.03. The van der Waals surface area contributed by atoms with E-state index in [0.717, 1.165) is 10.8 Å².